The second-order valence-electron chi connectivity index (χ2n) is 9.89. The van der Waals surface area contributed by atoms with Gasteiger partial charge in [0.1, 0.15) is 5.75 Å². The quantitative estimate of drug-likeness (QED) is 0.311. The lowest BCUT2D eigenvalue weighted by atomic mass is 9.89. The molecule has 0 spiro atoms. The molecule has 2 aromatic heterocycles. The number of piperidine rings is 1. The van der Waals surface area contributed by atoms with Gasteiger partial charge in [-0.2, -0.15) is 0 Å². The van der Waals surface area contributed by atoms with Crippen LogP contribution < -0.4 is 4.74 Å². The Morgan fingerprint density at radius 1 is 1.00 bits per heavy atom. The van der Waals surface area contributed by atoms with Crippen LogP contribution in [0.15, 0.2) is 67.0 Å². The summed E-state index contributed by atoms with van der Waals surface area (Å²) < 4.78 is 42.9. The molecule has 4 aromatic rings. The van der Waals surface area contributed by atoms with Crippen molar-refractivity contribution in [2.24, 2.45) is 5.92 Å². The Hall–Kier alpha value is -3.52. The first kappa shape index (κ1) is 25.1. The number of pyridine rings is 1. The fraction of sp³-hybridized carbons (Fsp3) is 0.345. The topological polar surface area (TPSA) is 50.5 Å². The molecule has 0 saturated carbocycles. The third-order valence-electron chi connectivity index (χ3n) is 7.07. The van der Waals surface area contributed by atoms with Gasteiger partial charge in [0.05, 0.1) is 12.2 Å². The number of aromatic nitrogens is 2. The fourth-order valence-electron chi connectivity index (χ4n) is 5.31. The zero-order chi connectivity index (χ0) is 26.0. The van der Waals surface area contributed by atoms with Gasteiger partial charge in [-0.15, -0.1) is 13.2 Å². The normalized spacial score (nSPS) is 15.4. The number of halogens is 3. The van der Waals surface area contributed by atoms with E-state index in [1.54, 1.807) is 16.7 Å². The van der Waals surface area contributed by atoms with E-state index in [4.69, 9.17) is 0 Å². The van der Waals surface area contributed by atoms with Crippen molar-refractivity contribution in [3.8, 4) is 11.6 Å². The van der Waals surface area contributed by atoms with Crippen molar-refractivity contribution >= 4 is 10.8 Å². The van der Waals surface area contributed by atoms with Gasteiger partial charge in [0.15, 0.2) is 5.88 Å². The van der Waals surface area contributed by atoms with Crippen molar-refractivity contribution in [3.63, 3.8) is 0 Å². The third-order valence-corrected chi connectivity index (χ3v) is 7.07. The van der Waals surface area contributed by atoms with Gasteiger partial charge < -0.3 is 14.4 Å². The van der Waals surface area contributed by atoms with Gasteiger partial charge in [0, 0.05) is 29.7 Å². The number of aromatic hydroxyl groups is 1. The Kier molecular flexibility index (Phi) is 7.11. The van der Waals surface area contributed by atoms with Gasteiger partial charge in [-0.25, -0.2) is 0 Å². The molecule has 3 heterocycles. The van der Waals surface area contributed by atoms with Gasteiger partial charge >= 0.3 is 6.36 Å². The molecule has 8 heteroatoms. The number of likely N-dealkylation sites (tertiary alicyclic amines) is 1. The highest BCUT2D eigenvalue weighted by Gasteiger charge is 2.31. The van der Waals surface area contributed by atoms with E-state index in [-0.39, 0.29) is 11.6 Å². The monoisotopic (exact) mass is 509 g/mol. The van der Waals surface area contributed by atoms with Gasteiger partial charge in [0.25, 0.3) is 0 Å². The van der Waals surface area contributed by atoms with E-state index >= 15 is 0 Å². The number of hydrogen-bond donors (Lipinski definition) is 1. The smallest absolute Gasteiger partial charge is 0.494 e. The standard InChI is InChI=1S/C29H30F3N3O2/c1-20-14-23(15-21-9-12-34(13-10-21)19-25-4-2-3-11-33-25)16-24-18-35(28(36)27(20)24)17-22-5-7-26(8-6-22)37-29(30,31)32/h2-8,11,14,16,18,21,36H,9-10,12-13,15,17,19H2,1H3. The van der Waals surface area contributed by atoms with E-state index in [2.05, 4.69) is 32.8 Å². The molecule has 37 heavy (non-hydrogen) atoms. The number of hydrogen-bond acceptors (Lipinski definition) is 4. The molecule has 5 nitrogen and oxygen atoms in total. The first-order valence-corrected chi connectivity index (χ1v) is 12.5. The predicted molar refractivity (Wildman–Crippen MR) is 137 cm³/mol. The lowest BCUT2D eigenvalue weighted by Crippen LogP contribution is -2.34. The maximum absolute atomic E-state index is 12.4. The average molecular weight is 510 g/mol. The van der Waals surface area contributed by atoms with Crippen LogP contribution in [0.25, 0.3) is 10.8 Å². The minimum atomic E-state index is -4.72. The zero-order valence-electron chi connectivity index (χ0n) is 20.7. The number of benzene rings is 2. The third kappa shape index (κ3) is 6.25. The fourth-order valence-corrected chi connectivity index (χ4v) is 5.31. The largest absolute Gasteiger partial charge is 0.573 e. The molecule has 2 aromatic carbocycles. The first-order chi connectivity index (χ1) is 17.7. The van der Waals surface area contributed by atoms with Crippen LogP contribution >= 0.6 is 0 Å². The van der Waals surface area contributed by atoms with Crippen molar-refractivity contribution in [2.45, 2.75) is 45.6 Å². The number of nitrogens with zero attached hydrogens (tertiary/aromatic N) is 3. The van der Waals surface area contributed by atoms with E-state index in [1.165, 1.54) is 17.7 Å². The number of alkyl halides is 3. The molecule has 1 aliphatic rings. The molecule has 1 aliphatic heterocycles. The molecule has 194 valence electrons. The molecule has 5 rings (SSSR count). The summed E-state index contributed by atoms with van der Waals surface area (Å²) in [6.45, 7) is 5.37. The number of rotatable bonds is 7. The van der Waals surface area contributed by atoms with Crippen molar-refractivity contribution in [1.29, 1.82) is 0 Å². The van der Waals surface area contributed by atoms with Crippen molar-refractivity contribution < 1.29 is 23.0 Å². The minimum absolute atomic E-state index is 0.164. The van der Waals surface area contributed by atoms with Crippen LogP contribution in [0.1, 0.15) is 35.2 Å². The molecule has 0 amide bonds. The molecular weight excluding hydrogens is 479 g/mol. The Bertz CT molecular complexity index is 1340. The summed E-state index contributed by atoms with van der Waals surface area (Å²) in [6.07, 6.45) is 2.32. The summed E-state index contributed by atoms with van der Waals surface area (Å²) in [4.78, 5) is 6.91. The van der Waals surface area contributed by atoms with Crippen molar-refractivity contribution in [3.05, 3.63) is 89.4 Å². The Morgan fingerprint density at radius 2 is 1.76 bits per heavy atom. The Balaban J connectivity index is 1.24. The second kappa shape index (κ2) is 10.5. The van der Waals surface area contributed by atoms with Gasteiger partial charge in [-0.1, -0.05) is 24.3 Å². The lowest BCUT2D eigenvalue weighted by molar-refractivity contribution is -0.274. The summed E-state index contributed by atoms with van der Waals surface area (Å²) in [7, 11) is 0. The van der Waals surface area contributed by atoms with E-state index in [0.29, 0.717) is 12.5 Å². The predicted octanol–water partition coefficient (Wildman–Crippen LogP) is 6.45. The summed E-state index contributed by atoms with van der Waals surface area (Å²) in [5.74, 6) is 0.517. The van der Waals surface area contributed by atoms with Crippen LogP contribution in [0.4, 0.5) is 13.2 Å². The second-order valence-corrected chi connectivity index (χ2v) is 9.89. The zero-order valence-corrected chi connectivity index (χ0v) is 20.7. The highest BCUT2D eigenvalue weighted by atomic mass is 19.4. The van der Waals surface area contributed by atoms with E-state index < -0.39 is 6.36 Å². The van der Waals surface area contributed by atoms with Crippen LogP contribution in [0, 0.1) is 12.8 Å². The van der Waals surface area contributed by atoms with E-state index in [0.717, 1.165) is 66.5 Å². The number of aryl methyl sites for hydroxylation is 1. The average Bonchev–Trinajstić information content (AvgIpc) is 3.16. The maximum Gasteiger partial charge on any atom is 0.573 e. The minimum Gasteiger partial charge on any atom is -0.494 e. The van der Waals surface area contributed by atoms with Crippen molar-refractivity contribution in [1.82, 2.24) is 14.5 Å². The van der Waals surface area contributed by atoms with Crippen LogP contribution in [0.2, 0.25) is 0 Å². The van der Waals surface area contributed by atoms with Crippen LogP contribution in [-0.2, 0) is 19.5 Å². The number of ether oxygens (including phenoxy) is 1. The lowest BCUT2D eigenvalue weighted by Gasteiger charge is -2.31. The molecular formula is C29H30F3N3O2. The van der Waals surface area contributed by atoms with E-state index in [1.807, 2.05) is 31.5 Å². The first-order valence-electron chi connectivity index (χ1n) is 12.5. The molecule has 1 N–H and O–H groups in total. The maximum atomic E-state index is 12.4. The molecule has 0 radical (unpaired) electrons. The molecule has 0 aliphatic carbocycles. The van der Waals surface area contributed by atoms with Crippen LogP contribution in [0.5, 0.6) is 11.6 Å². The summed E-state index contributed by atoms with van der Waals surface area (Å²) in [6, 6.07) is 16.1. The molecule has 1 saturated heterocycles. The van der Waals surface area contributed by atoms with Crippen LogP contribution in [-0.4, -0.2) is 39.0 Å². The van der Waals surface area contributed by atoms with Gasteiger partial charge in [0.2, 0.25) is 0 Å². The number of fused-ring (bicyclic) bond motifs is 1. The summed E-state index contributed by atoms with van der Waals surface area (Å²) in [5, 5.41) is 12.7. The highest BCUT2D eigenvalue weighted by Crippen LogP contribution is 2.34. The van der Waals surface area contributed by atoms with Crippen LogP contribution in [0.3, 0.4) is 0 Å². The van der Waals surface area contributed by atoms with Crippen molar-refractivity contribution in [2.75, 3.05) is 13.1 Å². The molecule has 0 atom stereocenters. The Labute approximate surface area is 214 Å². The summed E-state index contributed by atoms with van der Waals surface area (Å²) >= 11 is 0. The van der Waals surface area contributed by atoms with Gasteiger partial charge in [-0.3, -0.25) is 9.88 Å². The Morgan fingerprint density at radius 3 is 2.43 bits per heavy atom. The molecule has 1 fully saturated rings. The van der Waals surface area contributed by atoms with E-state index in [9.17, 15) is 18.3 Å². The van der Waals surface area contributed by atoms with Gasteiger partial charge in [-0.05, 0) is 92.2 Å². The summed E-state index contributed by atoms with van der Waals surface area (Å²) in [5.41, 5.74) is 4.15. The molecule has 0 bridgehead atoms. The SMILES string of the molecule is Cc1cc(CC2CCN(Cc3ccccn3)CC2)cc2cn(Cc3ccc(OC(F)(F)F)cc3)c(O)c12. The molecule has 0 unspecified atom stereocenters. The highest BCUT2D eigenvalue weighted by molar-refractivity contribution is 5.91.